The van der Waals surface area contributed by atoms with Gasteiger partial charge in [-0.3, -0.25) is 0 Å². The van der Waals surface area contributed by atoms with Crippen LogP contribution in [0, 0.1) is 11.6 Å². The SMILES string of the molecule is Fc1cc(Br)cc(OCc2cccc(Cl)c2)c1F. The number of hydrogen-bond acceptors (Lipinski definition) is 1. The minimum absolute atomic E-state index is 0.118. The molecule has 2 aromatic rings. The van der Waals surface area contributed by atoms with E-state index in [1.807, 2.05) is 0 Å². The molecule has 2 aromatic carbocycles. The molecule has 18 heavy (non-hydrogen) atoms. The molecule has 0 aromatic heterocycles. The molecule has 0 aliphatic carbocycles. The maximum Gasteiger partial charge on any atom is 0.200 e. The Balaban J connectivity index is 2.15. The van der Waals surface area contributed by atoms with E-state index in [-0.39, 0.29) is 12.4 Å². The molecule has 0 heterocycles. The highest BCUT2D eigenvalue weighted by Crippen LogP contribution is 2.26. The molecule has 5 heteroatoms. The predicted molar refractivity (Wildman–Crippen MR) is 69.8 cm³/mol. The Bertz CT molecular complexity index is 575. The van der Waals surface area contributed by atoms with Crippen molar-refractivity contribution in [1.29, 1.82) is 0 Å². The van der Waals surface area contributed by atoms with Gasteiger partial charge in [0, 0.05) is 9.50 Å². The highest BCUT2D eigenvalue weighted by molar-refractivity contribution is 9.10. The first-order chi connectivity index (χ1) is 8.56. The van der Waals surface area contributed by atoms with Crippen LogP contribution in [0.2, 0.25) is 5.02 Å². The van der Waals surface area contributed by atoms with E-state index >= 15 is 0 Å². The molecule has 0 saturated carbocycles. The Hall–Kier alpha value is -1.13. The third kappa shape index (κ3) is 3.21. The molecule has 0 radical (unpaired) electrons. The lowest BCUT2D eigenvalue weighted by atomic mass is 10.2. The van der Waals surface area contributed by atoms with E-state index in [1.54, 1.807) is 24.3 Å². The minimum atomic E-state index is -1.000. The van der Waals surface area contributed by atoms with E-state index in [1.165, 1.54) is 6.07 Å². The summed E-state index contributed by atoms with van der Waals surface area (Å²) >= 11 is 8.89. The van der Waals surface area contributed by atoms with Crippen LogP contribution in [-0.2, 0) is 6.61 Å². The number of benzene rings is 2. The van der Waals surface area contributed by atoms with E-state index in [4.69, 9.17) is 16.3 Å². The molecule has 0 N–H and O–H groups in total. The fourth-order valence-electron chi connectivity index (χ4n) is 1.43. The lowest BCUT2D eigenvalue weighted by Crippen LogP contribution is -1.99. The van der Waals surface area contributed by atoms with Crippen LogP contribution in [0.15, 0.2) is 40.9 Å². The third-order valence-corrected chi connectivity index (χ3v) is 2.94. The minimum Gasteiger partial charge on any atom is -0.486 e. The lowest BCUT2D eigenvalue weighted by Gasteiger charge is -2.08. The van der Waals surface area contributed by atoms with E-state index < -0.39 is 11.6 Å². The van der Waals surface area contributed by atoms with Gasteiger partial charge in [-0.25, -0.2) is 4.39 Å². The fourth-order valence-corrected chi connectivity index (χ4v) is 2.05. The zero-order chi connectivity index (χ0) is 13.1. The lowest BCUT2D eigenvalue weighted by molar-refractivity contribution is 0.284. The molecule has 0 saturated heterocycles. The average molecular weight is 334 g/mol. The number of hydrogen-bond donors (Lipinski definition) is 0. The number of rotatable bonds is 3. The molecular formula is C13H8BrClF2O. The van der Waals surface area contributed by atoms with E-state index in [2.05, 4.69) is 15.9 Å². The maximum absolute atomic E-state index is 13.4. The molecule has 0 unspecified atom stereocenters. The molecule has 0 bridgehead atoms. The van der Waals surface area contributed by atoms with Gasteiger partial charge in [-0.1, -0.05) is 39.7 Å². The van der Waals surface area contributed by atoms with Gasteiger partial charge in [-0.2, -0.15) is 4.39 Å². The second-order valence-corrected chi connectivity index (χ2v) is 4.97. The molecule has 0 amide bonds. The van der Waals surface area contributed by atoms with Crippen LogP contribution in [0.5, 0.6) is 5.75 Å². The van der Waals surface area contributed by atoms with Crippen LogP contribution in [0.3, 0.4) is 0 Å². The van der Waals surface area contributed by atoms with Gasteiger partial charge in [0.25, 0.3) is 0 Å². The molecule has 0 aliphatic rings. The Morgan fingerprint density at radius 1 is 1.17 bits per heavy atom. The Morgan fingerprint density at radius 3 is 2.67 bits per heavy atom. The van der Waals surface area contributed by atoms with Crippen LogP contribution >= 0.6 is 27.5 Å². The largest absolute Gasteiger partial charge is 0.486 e. The highest BCUT2D eigenvalue weighted by atomic mass is 79.9. The number of ether oxygens (including phenoxy) is 1. The van der Waals surface area contributed by atoms with Gasteiger partial charge in [0.15, 0.2) is 11.6 Å². The van der Waals surface area contributed by atoms with Crippen LogP contribution in [0.4, 0.5) is 8.78 Å². The van der Waals surface area contributed by atoms with Crippen LogP contribution in [0.1, 0.15) is 5.56 Å². The van der Waals surface area contributed by atoms with Crippen LogP contribution in [0.25, 0.3) is 0 Å². The van der Waals surface area contributed by atoms with Crippen molar-refractivity contribution in [2.45, 2.75) is 6.61 Å². The van der Waals surface area contributed by atoms with Crippen molar-refractivity contribution < 1.29 is 13.5 Å². The normalized spacial score (nSPS) is 10.4. The zero-order valence-corrected chi connectivity index (χ0v) is 11.4. The zero-order valence-electron chi connectivity index (χ0n) is 9.09. The second kappa shape index (κ2) is 5.67. The third-order valence-electron chi connectivity index (χ3n) is 2.24. The molecule has 0 fully saturated rings. The molecule has 94 valence electrons. The van der Waals surface area contributed by atoms with Crippen molar-refractivity contribution >= 4 is 27.5 Å². The predicted octanol–water partition coefficient (Wildman–Crippen LogP) is 4.96. The van der Waals surface area contributed by atoms with E-state index in [0.29, 0.717) is 9.50 Å². The average Bonchev–Trinajstić information content (AvgIpc) is 2.32. The van der Waals surface area contributed by atoms with Crippen LogP contribution < -0.4 is 4.74 Å². The summed E-state index contributed by atoms with van der Waals surface area (Å²) in [6.07, 6.45) is 0. The van der Waals surface area contributed by atoms with Gasteiger partial charge >= 0.3 is 0 Å². The van der Waals surface area contributed by atoms with Crippen molar-refractivity contribution in [3.8, 4) is 5.75 Å². The number of halogens is 4. The van der Waals surface area contributed by atoms with Crippen molar-refractivity contribution in [1.82, 2.24) is 0 Å². The summed E-state index contributed by atoms with van der Waals surface area (Å²) in [5.41, 5.74) is 0.780. The Labute approximate surface area is 116 Å². The van der Waals surface area contributed by atoms with Gasteiger partial charge in [0.05, 0.1) is 0 Å². The molecule has 0 aliphatic heterocycles. The van der Waals surface area contributed by atoms with Gasteiger partial charge in [-0.05, 0) is 29.8 Å². The van der Waals surface area contributed by atoms with Gasteiger partial charge in [-0.15, -0.1) is 0 Å². The first-order valence-electron chi connectivity index (χ1n) is 5.08. The first-order valence-corrected chi connectivity index (χ1v) is 6.25. The van der Waals surface area contributed by atoms with Crippen molar-refractivity contribution in [3.63, 3.8) is 0 Å². The second-order valence-electron chi connectivity index (χ2n) is 3.62. The summed E-state index contributed by atoms with van der Waals surface area (Å²) < 4.78 is 32.2. The van der Waals surface area contributed by atoms with Crippen molar-refractivity contribution in [2.24, 2.45) is 0 Å². The molecule has 0 spiro atoms. The Morgan fingerprint density at radius 2 is 1.94 bits per heavy atom. The summed E-state index contributed by atoms with van der Waals surface area (Å²) in [6.45, 7) is 0.118. The van der Waals surface area contributed by atoms with Crippen LogP contribution in [-0.4, -0.2) is 0 Å². The summed E-state index contributed by atoms with van der Waals surface area (Å²) in [7, 11) is 0. The molecule has 2 rings (SSSR count). The molecule has 1 nitrogen and oxygen atoms in total. The van der Waals surface area contributed by atoms with Gasteiger partial charge < -0.3 is 4.74 Å². The fraction of sp³-hybridized carbons (Fsp3) is 0.0769. The summed E-state index contributed by atoms with van der Waals surface area (Å²) in [5.74, 6) is -2.09. The highest BCUT2D eigenvalue weighted by Gasteiger charge is 2.11. The summed E-state index contributed by atoms with van der Waals surface area (Å²) in [6, 6.07) is 9.40. The summed E-state index contributed by atoms with van der Waals surface area (Å²) in [5, 5.41) is 0.567. The first kappa shape index (κ1) is 13.3. The summed E-state index contributed by atoms with van der Waals surface area (Å²) in [4.78, 5) is 0. The van der Waals surface area contributed by atoms with Gasteiger partial charge in [0.2, 0.25) is 5.82 Å². The van der Waals surface area contributed by atoms with Crippen molar-refractivity contribution in [3.05, 3.63) is 63.1 Å². The maximum atomic E-state index is 13.4. The topological polar surface area (TPSA) is 9.23 Å². The monoisotopic (exact) mass is 332 g/mol. The standard InChI is InChI=1S/C13H8BrClF2O/c14-9-5-11(16)13(17)12(6-9)18-7-8-2-1-3-10(15)4-8/h1-6H,7H2. The molecular weight excluding hydrogens is 325 g/mol. The van der Waals surface area contributed by atoms with E-state index in [0.717, 1.165) is 11.6 Å². The van der Waals surface area contributed by atoms with E-state index in [9.17, 15) is 8.78 Å². The van der Waals surface area contributed by atoms with Crippen molar-refractivity contribution in [2.75, 3.05) is 0 Å². The smallest absolute Gasteiger partial charge is 0.200 e. The Kier molecular flexibility index (Phi) is 4.19. The molecule has 0 atom stereocenters. The van der Waals surface area contributed by atoms with Gasteiger partial charge in [0.1, 0.15) is 6.61 Å². The quantitative estimate of drug-likeness (QED) is 0.721.